The van der Waals surface area contributed by atoms with E-state index in [0.29, 0.717) is 17.9 Å². The van der Waals surface area contributed by atoms with Gasteiger partial charge < -0.3 is 15.2 Å². The summed E-state index contributed by atoms with van der Waals surface area (Å²) < 4.78 is 18.8. The molecule has 0 bridgehead atoms. The molecule has 6 heteroatoms. The molecule has 0 saturated heterocycles. The first-order chi connectivity index (χ1) is 14.0. The van der Waals surface area contributed by atoms with Crippen molar-refractivity contribution in [2.75, 3.05) is 0 Å². The van der Waals surface area contributed by atoms with Crippen molar-refractivity contribution in [2.45, 2.75) is 19.1 Å². The van der Waals surface area contributed by atoms with E-state index >= 15 is 0 Å². The Kier molecular flexibility index (Phi) is 6.58. The van der Waals surface area contributed by atoms with Crippen LogP contribution >= 0.6 is 0 Å². The molecule has 0 unspecified atom stereocenters. The average molecular weight is 393 g/mol. The predicted molar refractivity (Wildman–Crippen MR) is 106 cm³/mol. The van der Waals surface area contributed by atoms with Gasteiger partial charge in [0.15, 0.2) is 0 Å². The maximum absolute atomic E-state index is 13.0. The molecule has 5 nitrogen and oxygen atoms in total. The number of benzene rings is 3. The lowest BCUT2D eigenvalue weighted by molar-refractivity contribution is -0.139. The van der Waals surface area contributed by atoms with Crippen LogP contribution in [0.15, 0.2) is 78.9 Å². The third-order valence-corrected chi connectivity index (χ3v) is 4.30. The lowest BCUT2D eigenvalue weighted by Crippen LogP contribution is -2.42. The first-order valence-electron chi connectivity index (χ1n) is 9.06. The fourth-order valence-electron chi connectivity index (χ4n) is 2.78. The topological polar surface area (TPSA) is 75.6 Å². The van der Waals surface area contributed by atoms with Crippen LogP contribution < -0.4 is 10.1 Å². The summed E-state index contributed by atoms with van der Waals surface area (Å²) in [7, 11) is 0. The molecule has 3 aromatic rings. The predicted octanol–water partition coefficient (Wildman–Crippen LogP) is 3.83. The van der Waals surface area contributed by atoms with E-state index in [2.05, 4.69) is 5.32 Å². The van der Waals surface area contributed by atoms with Crippen LogP contribution in [0.25, 0.3) is 0 Å². The number of ether oxygens (including phenoxy) is 1. The molecule has 148 valence electrons. The Morgan fingerprint density at radius 1 is 0.931 bits per heavy atom. The standard InChI is InChI=1S/C23H20FNO4/c24-19-11-9-18(10-12-19)22(26)25-21(23(27)28)14-17-7-4-8-20(13-17)29-15-16-5-2-1-3-6-16/h1-13,21H,14-15H2,(H,25,26)(H,27,28)/t21-/m1/s1. The molecule has 0 radical (unpaired) electrons. The summed E-state index contributed by atoms with van der Waals surface area (Å²) in [5.41, 5.74) is 1.92. The first-order valence-corrected chi connectivity index (χ1v) is 9.06. The molecule has 0 aliphatic heterocycles. The number of carbonyl (C=O) groups is 2. The minimum atomic E-state index is -1.16. The normalized spacial score (nSPS) is 11.5. The third-order valence-electron chi connectivity index (χ3n) is 4.30. The lowest BCUT2D eigenvalue weighted by Gasteiger charge is -2.15. The molecule has 1 atom stereocenters. The smallest absolute Gasteiger partial charge is 0.326 e. The summed E-state index contributed by atoms with van der Waals surface area (Å²) in [6.07, 6.45) is 0.0881. The van der Waals surface area contributed by atoms with Crippen molar-refractivity contribution in [3.63, 3.8) is 0 Å². The van der Waals surface area contributed by atoms with Gasteiger partial charge >= 0.3 is 5.97 Å². The zero-order valence-electron chi connectivity index (χ0n) is 15.5. The van der Waals surface area contributed by atoms with E-state index in [1.807, 2.05) is 30.3 Å². The van der Waals surface area contributed by atoms with Gasteiger partial charge in [-0.05, 0) is 47.5 Å². The molecule has 1 amide bonds. The lowest BCUT2D eigenvalue weighted by atomic mass is 10.0. The summed E-state index contributed by atoms with van der Waals surface area (Å²) in [4.78, 5) is 23.9. The maximum Gasteiger partial charge on any atom is 0.326 e. The summed E-state index contributed by atoms with van der Waals surface area (Å²) in [5, 5.41) is 12.0. The molecule has 3 aromatic carbocycles. The van der Waals surface area contributed by atoms with E-state index in [0.717, 1.165) is 17.7 Å². The largest absolute Gasteiger partial charge is 0.489 e. The molecular weight excluding hydrogens is 373 g/mol. The quantitative estimate of drug-likeness (QED) is 0.610. The number of carbonyl (C=O) groups excluding carboxylic acids is 1. The number of hydrogen-bond acceptors (Lipinski definition) is 3. The molecule has 0 aromatic heterocycles. The molecule has 0 saturated carbocycles. The number of halogens is 1. The number of carboxylic acid groups (broad SMARTS) is 1. The zero-order chi connectivity index (χ0) is 20.6. The van der Waals surface area contributed by atoms with Gasteiger partial charge in [0.1, 0.15) is 24.2 Å². The summed E-state index contributed by atoms with van der Waals surface area (Å²) in [6, 6.07) is 20.6. The van der Waals surface area contributed by atoms with Crippen LogP contribution in [0.3, 0.4) is 0 Å². The second kappa shape index (κ2) is 9.50. The first kappa shape index (κ1) is 20.1. The van der Waals surface area contributed by atoms with Gasteiger partial charge in [-0.1, -0.05) is 42.5 Å². The van der Waals surface area contributed by atoms with Gasteiger partial charge in [-0.15, -0.1) is 0 Å². The van der Waals surface area contributed by atoms with Crippen molar-refractivity contribution < 1.29 is 23.8 Å². The van der Waals surface area contributed by atoms with E-state index in [1.54, 1.807) is 24.3 Å². The van der Waals surface area contributed by atoms with Crippen LogP contribution in [-0.4, -0.2) is 23.0 Å². The Balaban J connectivity index is 1.64. The molecule has 0 spiro atoms. The minimum absolute atomic E-state index is 0.0881. The second-order valence-electron chi connectivity index (χ2n) is 6.50. The van der Waals surface area contributed by atoms with E-state index in [4.69, 9.17) is 4.74 Å². The van der Waals surface area contributed by atoms with Crippen molar-refractivity contribution in [3.8, 4) is 5.75 Å². The number of aliphatic carboxylic acids is 1. The Morgan fingerprint density at radius 2 is 1.62 bits per heavy atom. The van der Waals surface area contributed by atoms with E-state index < -0.39 is 23.7 Å². The van der Waals surface area contributed by atoms with Crippen molar-refractivity contribution in [1.82, 2.24) is 5.32 Å². The minimum Gasteiger partial charge on any atom is -0.489 e. The van der Waals surface area contributed by atoms with Crippen molar-refractivity contribution >= 4 is 11.9 Å². The van der Waals surface area contributed by atoms with Gasteiger partial charge in [0, 0.05) is 12.0 Å². The average Bonchev–Trinajstić information content (AvgIpc) is 2.73. The highest BCUT2D eigenvalue weighted by molar-refractivity contribution is 5.96. The molecule has 0 aliphatic carbocycles. The summed E-state index contributed by atoms with van der Waals surface area (Å²) >= 11 is 0. The monoisotopic (exact) mass is 393 g/mol. The molecule has 0 heterocycles. The van der Waals surface area contributed by atoms with Crippen LogP contribution in [0.5, 0.6) is 5.75 Å². The highest BCUT2D eigenvalue weighted by Gasteiger charge is 2.21. The molecule has 0 fully saturated rings. The van der Waals surface area contributed by atoms with Gasteiger partial charge in [0.05, 0.1) is 0 Å². The molecule has 2 N–H and O–H groups in total. The molecular formula is C23H20FNO4. The van der Waals surface area contributed by atoms with E-state index in [9.17, 15) is 19.1 Å². The van der Waals surface area contributed by atoms with Gasteiger partial charge in [0.2, 0.25) is 0 Å². The van der Waals surface area contributed by atoms with Crippen LogP contribution in [0.2, 0.25) is 0 Å². The van der Waals surface area contributed by atoms with Crippen LogP contribution in [-0.2, 0) is 17.8 Å². The van der Waals surface area contributed by atoms with E-state index in [-0.39, 0.29) is 12.0 Å². The molecule has 29 heavy (non-hydrogen) atoms. The van der Waals surface area contributed by atoms with Crippen molar-refractivity contribution in [3.05, 3.63) is 101 Å². The number of amides is 1. The van der Waals surface area contributed by atoms with Gasteiger partial charge in [-0.3, -0.25) is 4.79 Å². The van der Waals surface area contributed by atoms with Crippen molar-refractivity contribution in [2.24, 2.45) is 0 Å². The van der Waals surface area contributed by atoms with Gasteiger partial charge in [-0.25, -0.2) is 9.18 Å². The number of rotatable bonds is 8. The van der Waals surface area contributed by atoms with Crippen LogP contribution in [0, 0.1) is 5.82 Å². The zero-order valence-corrected chi connectivity index (χ0v) is 15.5. The fourth-order valence-corrected chi connectivity index (χ4v) is 2.78. The van der Waals surface area contributed by atoms with Gasteiger partial charge in [0.25, 0.3) is 5.91 Å². The highest BCUT2D eigenvalue weighted by atomic mass is 19.1. The Bertz CT molecular complexity index is 974. The van der Waals surface area contributed by atoms with Crippen LogP contribution in [0.4, 0.5) is 4.39 Å². The fraction of sp³-hybridized carbons (Fsp3) is 0.130. The Morgan fingerprint density at radius 3 is 2.31 bits per heavy atom. The van der Waals surface area contributed by atoms with Crippen molar-refractivity contribution in [1.29, 1.82) is 0 Å². The van der Waals surface area contributed by atoms with Crippen LogP contribution in [0.1, 0.15) is 21.5 Å². The molecule has 0 aliphatic rings. The number of carboxylic acids is 1. The molecule has 3 rings (SSSR count). The van der Waals surface area contributed by atoms with E-state index in [1.165, 1.54) is 12.1 Å². The summed E-state index contributed by atoms with van der Waals surface area (Å²) in [6.45, 7) is 0.397. The second-order valence-corrected chi connectivity index (χ2v) is 6.50. The van der Waals surface area contributed by atoms with Gasteiger partial charge in [-0.2, -0.15) is 0 Å². The SMILES string of the molecule is O=C(N[C@H](Cc1cccc(OCc2ccccc2)c1)C(=O)O)c1ccc(F)cc1. The Labute approximate surface area is 167 Å². The number of hydrogen-bond donors (Lipinski definition) is 2. The summed E-state index contributed by atoms with van der Waals surface area (Å²) in [5.74, 6) is -1.59. The highest BCUT2D eigenvalue weighted by Crippen LogP contribution is 2.17. The maximum atomic E-state index is 13.0. The Hall–Kier alpha value is -3.67. The third kappa shape index (κ3) is 5.90. The number of nitrogens with one attached hydrogen (secondary N) is 1.